The summed E-state index contributed by atoms with van der Waals surface area (Å²) in [7, 11) is -2.46. The third kappa shape index (κ3) is 3.53. The zero-order chi connectivity index (χ0) is 20.7. The maximum absolute atomic E-state index is 13.2. The molecule has 1 fully saturated rings. The molecule has 152 valence electrons. The molecule has 1 heterocycles. The number of hydrogen-bond donors (Lipinski definition) is 0. The van der Waals surface area contributed by atoms with E-state index in [4.69, 9.17) is 4.74 Å². The summed E-state index contributed by atoms with van der Waals surface area (Å²) < 4.78 is 32.8. The highest BCUT2D eigenvalue weighted by Crippen LogP contribution is 2.44. The summed E-state index contributed by atoms with van der Waals surface area (Å²) in [4.78, 5) is 24.6. The summed E-state index contributed by atoms with van der Waals surface area (Å²) in [5.74, 6) is -0.502. The largest absolute Gasteiger partial charge is 0.468 e. The Kier molecular flexibility index (Phi) is 5.27. The number of sulfonamides is 1. The Hall–Kier alpha value is -1.99. The van der Waals surface area contributed by atoms with E-state index in [1.54, 1.807) is 12.1 Å². The predicted molar refractivity (Wildman–Crippen MR) is 105 cm³/mol. The molecule has 1 aliphatic heterocycles. The van der Waals surface area contributed by atoms with Crippen molar-refractivity contribution in [2.75, 3.05) is 20.2 Å². The van der Waals surface area contributed by atoms with Gasteiger partial charge in [-0.25, -0.2) is 8.42 Å². The molecule has 0 spiro atoms. The summed E-state index contributed by atoms with van der Waals surface area (Å²) in [6.07, 6.45) is 2.34. The molecule has 6 nitrogen and oxygen atoms in total. The number of nitrogens with zero attached hydrogens (tertiary/aromatic N) is 1. The standard InChI is InChI=1S/C21H27NO5S/c1-20(2,3)15-5-7-18(8-6-15)28(25,26)22-12-10-16-13-17(23)9-11-21(16,14-22)19(24)27-4/h5-8,13H,9-12,14H2,1-4H3. The molecule has 1 unspecified atom stereocenters. The molecule has 0 saturated carbocycles. The topological polar surface area (TPSA) is 80.8 Å². The SMILES string of the molecule is COC(=O)C12CCC(=O)C=C1CCN(S(=O)(=O)c1ccc(C(C)(C)C)cc1)C2. The first-order valence-electron chi connectivity index (χ1n) is 9.44. The van der Waals surface area contributed by atoms with Crippen molar-refractivity contribution in [1.82, 2.24) is 4.31 Å². The number of methoxy groups -OCH3 is 1. The average Bonchev–Trinajstić information content (AvgIpc) is 2.66. The van der Waals surface area contributed by atoms with Crippen molar-refractivity contribution in [2.24, 2.45) is 5.41 Å². The Morgan fingerprint density at radius 2 is 1.79 bits per heavy atom. The lowest BCUT2D eigenvalue weighted by Gasteiger charge is -2.43. The van der Waals surface area contributed by atoms with Crippen LogP contribution in [0.5, 0.6) is 0 Å². The van der Waals surface area contributed by atoms with Crippen molar-refractivity contribution in [3.05, 3.63) is 41.5 Å². The molecule has 1 aromatic rings. The van der Waals surface area contributed by atoms with Gasteiger partial charge in [-0.05, 0) is 47.6 Å². The molecular weight excluding hydrogens is 378 g/mol. The Morgan fingerprint density at radius 3 is 2.36 bits per heavy atom. The van der Waals surface area contributed by atoms with E-state index in [-0.39, 0.29) is 42.0 Å². The summed E-state index contributed by atoms with van der Waals surface area (Å²) in [6.45, 7) is 6.45. The van der Waals surface area contributed by atoms with Crippen LogP contribution in [0.15, 0.2) is 40.8 Å². The Morgan fingerprint density at radius 1 is 1.14 bits per heavy atom. The van der Waals surface area contributed by atoms with Crippen molar-refractivity contribution in [2.45, 2.75) is 50.3 Å². The van der Waals surface area contributed by atoms with Crippen molar-refractivity contribution in [3.8, 4) is 0 Å². The number of fused-ring (bicyclic) bond motifs is 1. The highest BCUT2D eigenvalue weighted by atomic mass is 32.2. The van der Waals surface area contributed by atoms with Gasteiger partial charge in [-0.3, -0.25) is 9.59 Å². The van der Waals surface area contributed by atoms with Crippen molar-refractivity contribution in [1.29, 1.82) is 0 Å². The molecule has 1 atom stereocenters. The van der Waals surface area contributed by atoms with E-state index in [1.807, 2.05) is 12.1 Å². The number of carbonyl (C=O) groups is 2. The zero-order valence-electron chi connectivity index (χ0n) is 16.8. The summed E-state index contributed by atoms with van der Waals surface area (Å²) >= 11 is 0. The number of allylic oxidation sites excluding steroid dienone is 1. The van der Waals surface area contributed by atoms with Crippen LogP contribution in [0.2, 0.25) is 0 Å². The van der Waals surface area contributed by atoms with Gasteiger partial charge in [-0.15, -0.1) is 0 Å². The monoisotopic (exact) mass is 405 g/mol. The lowest BCUT2D eigenvalue weighted by atomic mass is 9.69. The van der Waals surface area contributed by atoms with Crippen molar-refractivity contribution in [3.63, 3.8) is 0 Å². The number of ether oxygens (including phenoxy) is 1. The lowest BCUT2D eigenvalue weighted by molar-refractivity contribution is -0.152. The number of carbonyl (C=O) groups excluding carboxylic acids is 2. The third-order valence-corrected chi connectivity index (χ3v) is 7.62. The maximum atomic E-state index is 13.2. The van der Waals surface area contributed by atoms with Gasteiger partial charge in [-0.2, -0.15) is 4.31 Å². The normalized spacial score (nSPS) is 23.7. The van der Waals surface area contributed by atoms with Crippen LogP contribution in [-0.2, 0) is 29.8 Å². The van der Waals surface area contributed by atoms with Gasteiger partial charge in [0.25, 0.3) is 0 Å². The first-order valence-corrected chi connectivity index (χ1v) is 10.9. The first-order chi connectivity index (χ1) is 13.0. The number of esters is 1. The summed E-state index contributed by atoms with van der Waals surface area (Å²) in [6, 6.07) is 6.90. The summed E-state index contributed by atoms with van der Waals surface area (Å²) in [5, 5.41) is 0. The number of hydrogen-bond acceptors (Lipinski definition) is 5. The van der Waals surface area contributed by atoms with Gasteiger partial charge in [0.2, 0.25) is 10.0 Å². The van der Waals surface area contributed by atoms with E-state index in [0.717, 1.165) is 5.56 Å². The molecule has 1 aromatic carbocycles. The molecular formula is C21H27NO5S. The van der Waals surface area contributed by atoms with E-state index in [2.05, 4.69) is 20.8 Å². The van der Waals surface area contributed by atoms with E-state index in [0.29, 0.717) is 12.0 Å². The molecule has 0 bridgehead atoms. The second kappa shape index (κ2) is 7.12. The van der Waals surface area contributed by atoms with E-state index >= 15 is 0 Å². The van der Waals surface area contributed by atoms with Gasteiger partial charge in [0, 0.05) is 19.5 Å². The number of rotatable bonds is 3. The van der Waals surface area contributed by atoms with Crippen LogP contribution >= 0.6 is 0 Å². The van der Waals surface area contributed by atoms with Crippen LogP contribution in [0.3, 0.4) is 0 Å². The fourth-order valence-electron chi connectivity index (χ4n) is 3.99. The van der Waals surface area contributed by atoms with Gasteiger partial charge in [0.05, 0.1) is 12.0 Å². The molecule has 3 rings (SSSR count). The predicted octanol–water partition coefficient (Wildman–Crippen LogP) is 2.83. The lowest BCUT2D eigenvalue weighted by Crippen LogP contribution is -2.52. The van der Waals surface area contributed by atoms with Crippen molar-refractivity contribution < 1.29 is 22.7 Å². The van der Waals surface area contributed by atoms with Crippen LogP contribution in [0.4, 0.5) is 0 Å². The Labute approximate surface area is 166 Å². The van der Waals surface area contributed by atoms with Gasteiger partial charge < -0.3 is 4.74 Å². The fraction of sp³-hybridized carbons (Fsp3) is 0.524. The molecule has 7 heteroatoms. The molecule has 1 saturated heterocycles. The van der Waals surface area contributed by atoms with Crippen LogP contribution in [0, 0.1) is 5.41 Å². The fourth-order valence-corrected chi connectivity index (χ4v) is 5.49. The van der Waals surface area contributed by atoms with Crippen LogP contribution in [-0.4, -0.2) is 44.7 Å². The highest BCUT2D eigenvalue weighted by Gasteiger charge is 2.51. The Bertz CT molecular complexity index is 925. The zero-order valence-corrected chi connectivity index (χ0v) is 17.6. The van der Waals surface area contributed by atoms with Crippen LogP contribution in [0.1, 0.15) is 45.6 Å². The molecule has 0 amide bonds. The second-order valence-corrected chi connectivity index (χ2v) is 10.5. The third-order valence-electron chi connectivity index (χ3n) is 5.76. The molecule has 2 aliphatic rings. The maximum Gasteiger partial charge on any atom is 0.317 e. The minimum atomic E-state index is -3.75. The molecule has 28 heavy (non-hydrogen) atoms. The summed E-state index contributed by atoms with van der Waals surface area (Å²) in [5.41, 5.74) is 0.591. The molecule has 1 aliphatic carbocycles. The minimum Gasteiger partial charge on any atom is -0.468 e. The molecule has 0 radical (unpaired) electrons. The molecule has 0 N–H and O–H groups in total. The second-order valence-electron chi connectivity index (χ2n) is 8.57. The van der Waals surface area contributed by atoms with Gasteiger partial charge in [0.15, 0.2) is 5.78 Å². The quantitative estimate of drug-likeness (QED) is 0.723. The Balaban J connectivity index is 1.95. The average molecular weight is 406 g/mol. The van der Waals surface area contributed by atoms with Crippen molar-refractivity contribution >= 4 is 21.8 Å². The van der Waals surface area contributed by atoms with E-state index in [9.17, 15) is 18.0 Å². The van der Waals surface area contributed by atoms with Gasteiger partial charge in [0.1, 0.15) is 5.41 Å². The van der Waals surface area contributed by atoms with Crippen LogP contribution in [0.25, 0.3) is 0 Å². The number of ketones is 1. The first kappa shape index (κ1) is 20.7. The number of piperidine rings is 1. The minimum absolute atomic E-state index is 0.00213. The smallest absolute Gasteiger partial charge is 0.317 e. The van der Waals surface area contributed by atoms with Gasteiger partial charge in [-0.1, -0.05) is 32.9 Å². The number of benzene rings is 1. The molecule has 0 aromatic heterocycles. The van der Waals surface area contributed by atoms with Gasteiger partial charge >= 0.3 is 5.97 Å². The van der Waals surface area contributed by atoms with E-state index < -0.39 is 21.4 Å². The van der Waals surface area contributed by atoms with E-state index in [1.165, 1.54) is 17.5 Å². The van der Waals surface area contributed by atoms with Crippen LogP contribution < -0.4 is 0 Å². The highest BCUT2D eigenvalue weighted by molar-refractivity contribution is 7.89.